The summed E-state index contributed by atoms with van der Waals surface area (Å²) < 4.78 is 48.9. The smallest absolute Gasteiger partial charge is 0.319 e. The lowest BCUT2D eigenvalue weighted by Crippen LogP contribution is -2.47. The van der Waals surface area contributed by atoms with Crippen LogP contribution in [0.25, 0.3) is 32.9 Å². The Balaban J connectivity index is 1.33. The van der Waals surface area contributed by atoms with Crippen molar-refractivity contribution in [3.8, 4) is 23.0 Å². The van der Waals surface area contributed by atoms with E-state index in [-0.39, 0.29) is 41.7 Å². The van der Waals surface area contributed by atoms with Gasteiger partial charge in [0.15, 0.2) is 12.6 Å². The molecule has 48 heavy (non-hydrogen) atoms. The molecule has 0 unspecified atom stereocenters. The molecule has 2 aliphatic heterocycles. The molecule has 7 rings (SSSR count). The predicted octanol–water partition coefficient (Wildman–Crippen LogP) is 6.77. The van der Waals surface area contributed by atoms with Crippen molar-refractivity contribution in [3.05, 3.63) is 47.9 Å². The van der Waals surface area contributed by atoms with Gasteiger partial charge < -0.3 is 24.4 Å². The van der Waals surface area contributed by atoms with Gasteiger partial charge in [0.25, 0.3) is 0 Å². The number of anilines is 1. The van der Waals surface area contributed by atoms with Gasteiger partial charge in [-0.15, -0.1) is 0 Å². The minimum atomic E-state index is -0.880. The van der Waals surface area contributed by atoms with Crippen LogP contribution in [-0.4, -0.2) is 96.2 Å². The summed E-state index contributed by atoms with van der Waals surface area (Å²) in [5.41, 5.74) is 1.56. The largest absolute Gasteiger partial charge is 0.468 e. The third kappa shape index (κ3) is 5.94. The van der Waals surface area contributed by atoms with Gasteiger partial charge in [-0.1, -0.05) is 38.0 Å². The van der Waals surface area contributed by atoms with Crippen molar-refractivity contribution in [1.29, 1.82) is 0 Å². The molecule has 3 aliphatic rings. The van der Waals surface area contributed by atoms with E-state index in [1.54, 1.807) is 13.3 Å². The van der Waals surface area contributed by atoms with Crippen molar-refractivity contribution in [2.75, 3.05) is 59.6 Å². The molecule has 2 aromatic carbocycles. The third-order valence-corrected chi connectivity index (χ3v) is 11.0. The second kappa shape index (κ2) is 13.3. The van der Waals surface area contributed by atoms with Gasteiger partial charge in [-0.2, -0.15) is 9.97 Å². The van der Waals surface area contributed by atoms with Crippen LogP contribution in [0.15, 0.2) is 36.5 Å². The van der Waals surface area contributed by atoms with Crippen LogP contribution in [0.4, 0.5) is 14.6 Å². The van der Waals surface area contributed by atoms with Gasteiger partial charge in [-0.3, -0.25) is 9.88 Å². The van der Waals surface area contributed by atoms with E-state index in [0.29, 0.717) is 42.0 Å². The van der Waals surface area contributed by atoms with Crippen LogP contribution in [0.3, 0.4) is 0 Å². The number of hydrogen-bond donors (Lipinski definition) is 1. The summed E-state index contributed by atoms with van der Waals surface area (Å²) in [5, 5.41) is 5.87. The van der Waals surface area contributed by atoms with Crippen molar-refractivity contribution in [2.45, 2.75) is 75.5 Å². The van der Waals surface area contributed by atoms with Crippen LogP contribution >= 0.6 is 0 Å². The van der Waals surface area contributed by atoms with Crippen LogP contribution in [0.2, 0.25) is 0 Å². The number of fused-ring (bicyclic) bond motifs is 3. The number of aromatic nitrogens is 3. The number of benzene rings is 2. The van der Waals surface area contributed by atoms with E-state index >= 15 is 4.39 Å². The first kappa shape index (κ1) is 32.9. The Morgan fingerprint density at radius 2 is 1.92 bits per heavy atom. The molecule has 0 bridgehead atoms. The van der Waals surface area contributed by atoms with E-state index in [1.165, 1.54) is 0 Å². The van der Waals surface area contributed by atoms with E-state index in [9.17, 15) is 4.39 Å². The Kier molecular flexibility index (Phi) is 9.12. The molecule has 256 valence electrons. The summed E-state index contributed by atoms with van der Waals surface area (Å²) in [5.74, 6) is 0.469. The average molecular weight is 661 g/mol. The first-order chi connectivity index (χ1) is 23.3. The van der Waals surface area contributed by atoms with Crippen molar-refractivity contribution >= 4 is 27.5 Å². The lowest BCUT2D eigenvalue weighted by atomic mass is 9.94. The van der Waals surface area contributed by atoms with Gasteiger partial charge >= 0.3 is 6.01 Å². The summed E-state index contributed by atoms with van der Waals surface area (Å²) in [4.78, 5) is 18.7. The highest BCUT2D eigenvalue weighted by Gasteiger charge is 2.49. The van der Waals surface area contributed by atoms with Crippen LogP contribution in [0, 0.1) is 5.82 Å². The number of nitrogens with one attached hydrogen (secondary N) is 1. The van der Waals surface area contributed by atoms with Crippen molar-refractivity contribution in [3.63, 3.8) is 0 Å². The zero-order chi connectivity index (χ0) is 33.5. The number of rotatable bonds is 12. The summed E-state index contributed by atoms with van der Waals surface area (Å²) in [6.07, 6.45) is 8.26. The molecule has 1 N–H and O–H groups in total. The lowest BCUT2D eigenvalue weighted by molar-refractivity contribution is 0.0512. The molecule has 3 fully saturated rings. The van der Waals surface area contributed by atoms with Crippen LogP contribution < -0.4 is 14.8 Å². The van der Waals surface area contributed by atoms with Gasteiger partial charge in [-0.05, 0) is 81.2 Å². The van der Waals surface area contributed by atoms with E-state index in [2.05, 4.69) is 47.2 Å². The van der Waals surface area contributed by atoms with E-state index < -0.39 is 12.0 Å². The van der Waals surface area contributed by atoms with Gasteiger partial charge in [0.05, 0.1) is 10.9 Å². The zero-order valence-electron chi connectivity index (χ0n) is 28.5. The maximum absolute atomic E-state index is 17.0. The number of methoxy groups -OCH3 is 1. The highest BCUT2D eigenvalue weighted by molar-refractivity contribution is 6.01. The summed E-state index contributed by atoms with van der Waals surface area (Å²) in [6, 6.07) is 9.87. The second-order valence-electron chi connectivity index (χ2n) is 14.0. The molecule has 0 radical (unpaired) electrons. The van der Waals surface area contributed by atoms with Crippen LogP contribution in [0.5, 0.6) is 11.8 Å². The molecule has 1 aliphatic carbocycles. The summed E-state index contributed by atoms with van der Waals surface area (Å²) in [7, 11) is 5.78. The third-order valence-electron chi connectivity index (χ3n) is 11.0. The van der Waals surface area contributed by atoms with Gasteiger partial charge in [0.2, 0.25) is 0 Å². The highest BCUT2D eigenvalue weighted by atomic mass is 19.1. The van der Waals surface area contributed by atoms with Crippen molar-refractivity contribution in [1.82, 2.24) is 24.8 Å². The zero-order valence-corrected chi connectivity index (χ0v) is 28.5. The quantitative estimate of drug-likeness (QED) is 0.166. The molecular formula is C37H46F2N6O3. The Labute approximate surface area is 281 Å². The van der Waals surface area contributed by atoms with Crippen molar-refractivity contribution < 1.29 is 23.0 Å². The number of halogens is 2. The Hall–Kier alpha value is -3.67. The Morgan fingerprint density at radius 1 is 1.08 bits per heavy atom. The molecule has 2 atom stereocenters. The normalized spacial score (nSPS) is 22.2. The fourth-order valence-electron chi connectivity index (χ4n) is 8.30. The van der Waals surface area contributed by atoms with E-state index in [0.717, 1.165) is 67.8 Å². The molecule has 2 aromatic heterocycles. The lowest BCUT2D eigenvalue weighted by Gasteiger charge is -2.36. The molecule has 4 heterocycles. The molecular weight excluding hydrogens is 614 g/mol. The number of pyridine rings is 1. The predicted molar refractivity (Wildman–Crippen MR) is 184 cm³/mol. The number of hydrogen-bond acceptors (Lipinski definition) is 9. The SMILES string of the molecule is CCc1cccc2cc(OCOC)cc(-c3ncc4c(NCC5(N(C)C)CCCC5)nc(OC[C@@]56CCCN5C[C@H](F)C6)nc4c3F)c12. The summed E-state index contributed by atoms with van der Waals surface area (Å²) >= 11 is 0. The molecule has 0 amide bonds. The van der Waals surface area contributed by atoms with Gasteiger partial charge in [0, 0.05) is 43.9 Å². The fourth-order valence-corrected chi connectivity index (χ4v) is 8.30. The number of alkyl halides is 1. The molecule has 0 spiro atoms. The van der Waals surface area contributed by atoms with Crippen LogP contribution in [0.1, 0.15) is 57.4 Å². The minimum Gasteiger partial charge on any atom is -0.468 e. The van der Waals surface area contributed by atoms with Gasteiger partial charge in [0.1, 0.15) is 35.6 Å². The topological polar surface area (TPSA) is 84.9 Å². The number of nitrogens with zero attached hydrogens (tertiary/aromatic N) is 5. The molecule has 11 heteroatoms. The monoisotopic (exact) mass is 660 g/mol. The summed E-state index contributed by atoms with van der Waals surface area (Å²) in [6.45, 7) is 4.31. The molecule has 9 nitrogen and oxygen atoms in total. The number of aryl methyl sites for hydroxylation is 1. The van der Waals surface area contributed by atoms with Crippen molar-refractivity contribution in [2.24, 2.45) is 0 Å². The maximum Gasteiger partial charge on any atom is 0.319 e. The first-order valence-corrected chi connectivity index (χ1v) is 17.2. The highest BCUT2D eigenvalue weighted by Crippen LogP contribution is 2.42. The number of ether oxygens (including phenoxy) is 3. The first-order valence-electron chi connectivity index (χ1n) is 17.2. The molecule has 1 saturated carbocycles. The van der Waals surface area contributed by atoms with Gasteiger partial charge in [-0.25, -0.2) is 8.78 Å². The standard InChI is InChI=1S/C37H46F2N6O3/c1-5-24-10-8-11-25-16-27(48-23-46-4)17-28(30(24)25)32-31(39)33-29(19-40-32)34(41-21-36(44(2)3)12-6-7-13-36)43-35(42-33)47-22-37-14-9-15-45(37)20-26(38)18-37/h8,10-11,16-17,19,26H,5-7,9,12-15,18,20-23H2,1-4H3,(H,41,42,43)/t26-,37+/m1/s1. The second-order valence-corrected chi connectivity index (χ2v) is 14.0. The maximum atomic E-state index is 17.0. The fraction of sp³-hybridized carbons (Fsp3) is 0.541. The minimum absolute atomic E-state index is 0.0361. The molecule has 2 saturated heterocycles. The van der Waals surface area contributed by atoms with Crippen LogP contribution in [-0.2, 0) is 11.2 Å². The Morgan fingerprint density at radius 3 is 2.69 bits per heavy atom. The van der Waals surface area contributed by atoms with E-state index in [1.807, 2.05) is 24.3 Å². The average Bonchev–Trinajstić information content (AvgIpc) is 3.80. The Bertz CT molecular complexity index is 1800. The molecule has 4 aromatic rings. The van der Waals surface area contributed by atoms with E-state index in [4.69, 9.17) is 24.2 Å². The number of likely N-dealkylation sites (N-methyl/N-ethyl adjacent to an activating group) is 1.